The maximum Gasteiger partial charge on any atom is 0.137 e. The lowest BCUT2D eigenvalue weighted by Crippen LogP contribution is -2.05. The summed E-state index contributed by atoms with van der Waals surface area (Å²) in [6, 6.07) is 1.90. The average molecular weight is 189 g/mol. The Morgan fingerprint density at radius 2 is 2.17 bits per heavy atom. The zero-order valence-electron chi connectivity index (χ0n) is 7.15. The Kier molecular flexibility index (Phi) is 4.62. The number of hydrogen-bond acceptors (Lipinski definition) is 3. The van der Waals surface area contributed by atoms with E-state index in [1.54, 1.807) is 19.5 Å². The molecule has 1 heterocycles. The van der Waals surface area contributed by atoms with Crippen LogP contribution in [0.5, 0.6) is 5.75 Å². The fourth-order valence-corrected chi connectivity index (χ4v) is 0.796. The summed E-state index contributed by atoms with van der Waals surface area (Å²) in [6.45, 7) is 1.91. The molecule has 0 bridgehead atoms. The first kappa shape index (κ1) is 11.2. The highest BCUT2D eigenvalue weighted by Crippen LogP contribution is 2.14. The van der Waals surface area contributed by atoms with Gasteiger partial charge >= 0.3 is 0 Å². The van der Waals surface area contributed by atoms with Crippen molar-refractivity contribution in [2.45, 2.75) is 13.0 Å². The van der Waals surface area contributed by atoms with Crippen molar-refractivity contribution in [2.75, 3.05) is 7.11 Å². The quantitative estimate of drug-likeness (QED) is 0.766. The second-order valence-electron chi connectivity index (χ2n) is 2.45. The lowest BCUT2D eigenvalue weighted by atomic mass is 10.1. The minimum absolute atomic E-state index is 0. The summed E-state index contributed by atoms with van der Waals surface area (Å²) in [5.41, 5.74) is 6.63. The van der Waals surface area contributed by atoms with Crippen molar-refractivity contribution in [1.29, 1.82) is 0 Å². The van der Waals surface area contributed by atoms with Gasteiger partial charge < -0.3 is 10.5 Å². The second kappa shape index (κ2) is 4.95. The molecular formula is C8H13ClN2O. The van der Waals surface area contributed by atoms with Crippen LogP contribution in [-0.4, -0.2) is 12.1 Å². The van der Waals surface area contributed by atoms with Crippen LogP contribution in [0.4, 0.5) is 0 Å². The third kappa shape index (κ3) is 2.68. The highest BCUT2D eigenvalue weighted by Gasteiger charge is 2.00. The number of nitrogens with zero attached hydrogens (tertiary/aromatic N) is 1. The van der Waals surface area contributed by atoms with Gasteiger partial charge in [-0.3, -0.25) is 4.98 Å². The number of hydrogen-bond donors (Lipinski definition) is 1. The van der Waals surface area contributed by atoms with Crippen LogP contribution in [-0.2, 0) is 0 Å². The predicted molar refractivity (Wildman–Crippen MR) is 50.6 cm³/mol. The summed E-state index contributed by atoms with van der Waals surface area (Å²) in [6.07, 6.45) is 3.40. The molecule has 0 aliphatic carbocycles. The van der Waals surface area contributed by atoms with Crippen molar-refractivity contribution in [1.82, 2.24) is 4.98 Å². The fourth-order valence-electron chi connectivity index (χ4n) is 0.796. The van der Waals surface area contributed by atoms with Gasteiger partial charge in [0.05, 0.1) is 13.3 Å². The maximum absolute atomic E-state index is 5.64. The van der Waals surface area contributed by atoms with E-state index < -0.39 is 0 Å². The molecule has 0 aliphatic rings. The van der Waals surface area contributed by atoms with Crippen LogP contribution >= 0.6 is 12.4 Å². The number of ether oxygens (including phenoxy) is 1. The summed E-state index contributed by atoms with van der Waals surface area (Å²) >= 11 is 0. The lowest BCUT2D eigenvalue weighted by Gasteiger charge is -2.05. The monoisotopic (exact) mass is 188 g/mol. The van der Waals surface area contributed by atoms with Gasteiger partial charge in [0, 0.05) is 12.2 Å². The van der Waals surface area contributed by atoms with Gasteiger partial charge in [0.25, 0.3) is 0 Å². The average Bonchev–Trinajstić information content (AvgIpc) is 2.05. The molecule has 3 nitrogen and oxygen atoms in total. The number of rotatable bonds is 2. The molecule has 1 aromatic rings. The van der Waals surface area contributed by atoms with E-state index in [2.05, 4.69) is 4.98 Å². The van der Waals surface area contributed by atoms with Crippen LogP contribution in [0.3, 0.4) is 0 Å². The zero-order chi connectivity index (χ0) is 8.27. The molecule has 0 amide bonds. The molecule has 1 aromatic heterocycles. The van der Waals surface area contributed by atoms with E-state index in [0.717, 1.165) is 11.3 Å². The molecule has 0 spiro atoms. The first-order valence-corrected chi connectivity index (χ1v) is 3.48. The number of halogens is 1. The predicted octanol–water partition coefficient (Wildman–Crippen LogP) is 1.53. The van der Waals surface area contributed by atoms with E-state index in [4.69, 9.17) is 10.5 Å². The topological polar surface area (TPSA) is 48.1 Å². The summed E-state index contributed by atoms with van der Waals surface area (Å²) in [5, 5.41) is 0. The van der Waals surface area contributed by atoms with Gasteiger partial charge in [-0.15, -0.1) is 12.4 Å². The molecule has 0 radical (unpaired) electrons. The number of pyridine rings is 1. The van der Waals surface area contributed by atoms with Gasteiger partial charge in [-0.05, 0) is 18.6 Å². The minimum atomic E-state index is 0. The summed E-state index contributed by atoms with van der Waals surface area (Å²) < 4.78 is 4.99. The van der Waals surface area contributed by atoms with Gasteiger partial charge in [0.1, 0.15) is 5.75 Å². The van der Waals surface area contributed by atoms with E-state index in [0.29, 0.717) is 0 Å². The Bertz CT molecular complexity index is 240. The molecule has 0 aromatic carbocycles. The van der Waals surface area contributed by atoms with E-state index in [9.17, 15) is 0 Å². The molecule has 0 aliphatic heterocycles. The number of aromatic nitrogens is 1. The highest BCUT2D eigenvalue weighted by molar-refractivity contribution is 5.85. The Morgan fingerprint density at radius 3 is 2.67 bits per heavy atom. The fraction of sp³-hybridized carbons (Fsp3) is 0.375. The molecule has 0 saturated carbocycles. The van der Waals surface area contributed by atoms with E-state index in [1.165, 1.54) is 0 Å². The van der Waals surface area contributed by atoms with Crippen LogP contribution in [0.1, 0.15) is 18.5 Å². The van der Waals surface area contributed by atoms with Gasteiger partial charge in [-0.2, -0.15) is 0 Å². The normalized spacial score (nSPS) is 11.6. The maximum atomic E-state index is 5.64. The zero-order valence-corrected chi connectivity index (χ0v) is 7.97. The van der Waals surface area contributed by atoms with Gasteiger partial charge in [0.15, 0.2) is 0 Å². The molecule has 4 heteroatoms. The van der Waals surface area contributed by atoms with Gasteiger partial charge in [-0.1, -0.05) is 0 Å². The number of methoxy groups -OCH3 is 1. The second-order valence-corrected chi connectivity index (χ2v) is 2.45. The first-order chi connectivity index (χ1) is 5.24. The Morgan fingerprint density at radius 1 is 1.50 bits per heavy atom. The van der Waals surface area contributed by atoms with Crippen molar-refractivity contribution in [3.8, 4) is 5.75 Å². The van der Waals surface area contributed by atoms with Crippen molar-refractivity contribution >= 4 is 12.4 Å². The van der Waals surface area contributed by atoms with Crippen LogP contribution in [0.15, 0.2) is 18.5 Å². The summed E-state index contributed by atoms with van der Waals surface area (Å²) in [7, 11) is 1.61. The molecular weight excluding hydrogens is 176 g/mol. The van der Waals surface area contributed by atoms with E-state index >= 15 is 0 Å². The molecule has 0 saturated heterocycles. The molecule has 2 N–H and O–H groups in total. The first-order valence-electron chi connectivity index (χ1n) is 3.48. The van der Waals surface area contributed by atoms with E-state index in [1.807, 2.05) is 13.0 Å². The van der Waals surface area contributed by atoms with Gasteiger partial charge in [-0.25, -0.2) is 0 Å². The smallest absolute Gasteiger partial charge is 0.137 e. The SMILES string of the molecule is COc1cncc(C(C)N)c1.Cl. The largest absolute Gasteiger partial charge is 0.495 e. The molecule has 0 fully saturated rings. The minimum Gasteiger partial charge on any atom is -0.495 e. The standard InChI is InChI=1S/C8H12N2O.ClH/c1-6(9)7-3-8(11-2)5-10-4-7;/h3-6H,9H2,1-2H3;1H. The van der Waals surface area contributed by atoms with Crippen molar-refractivity contribution < 1.29 is 4.74 Å². The van der Waals surface area contributed by atoms with Crippen LogP contribution in [0.2, 0.25) is 0 Å². The van der Waals surface area contributed by atoms with Gasteiger partial charge in [0.2, 0.25) is 0 Å². The van der Waals surface area contributed by atoms with Crippen molar-refractivity contribution in [3.63, 3.8) is 0 Å². The molecule has 1 unspecified atom stereocenters. The lowest BCUT2D eigenvalue weighted by molar-refractivity contribution is 0.412. The molecule has 1 rings (SSSR count). The number of nitrogens with two attached hydrogens (primary N) is 1. The van der Waals surface area contributed by atoms with Crippen molar-refractivity contribution in [2.24, 2.45) is 5.73 Å². The molecule has 1 atom stereocenters. The Hall–Kier alpha value is -0.800. The summed E-state index contributed by atoms with van der Waals surface area (Å²) in [4.78, 5) is 3.97. The third-order valence-corrected chi connectivity index (χ3v) is 1.50. The Labute approximate surface area is 78.4 Å². The highest BCUT2D eigenvalue weighted by atomic mass is 35.5. The molecule has 12 heavy (non-hydrogen) atoms. The van der Waals surface area contributed by atoms with Crippen LogP contribution in [0, 0.1) is 0 Å². The van der Waals surface area contributed by atoms with Crippen molar-refractivity contribution in [3.05, 3.63) is 24.0 Å². The molecule has 68 valence electrons. The Balaban J connectivity index is 0.00000121. The van der Waals surface area contributed by atoms with Crippen LogP contribution < -0.4 is 10.5 Å². The third-order valence-electron chi connectivity index (χ3n) is 1.50. The summed E-state index contributed by atoms with van der Waals surface area (Å²) in [5.74, 6) is 0.750. The van der Waals surface area contributed by atoms with E-state index in [-0.39, 0.29) is 18.4 Å². The van der Waals surface area contributed by atoms with Crippen LogP contribution in [0.25, 0.3) is 0 Å².